The van der Waals surface area contributed by atoms with E-state index in [0.717, 1.165) is 5.41 Å². The standard InChI is InChI=1S/C11H12O4S2/c1-11(7-8-16(12,13)9-11)17(14,15)10-5-3-2-4-6-10/h2-8H,9H2,1H3. The van der Waals surface area contributed by atoms with Gasteiger partial charge >= 0.3 is 0 Å². The monoisotopic (exact) mass is 272 g/mol. The van der Waals surface area contributed by atoms with Crippen molar-refractivity contribution in [3.05, 3.63) is 41.8 Å². The van der Waals surface area contributed by atoms with Crippen LogP contribution in [0.4, 0.5) is 0 Å². The van der Waals surface area contributed by atoms with Crippen molar-refractivity contribution in [2.24, 2.45) is 0 Å². The molecule has 6 heteroatoms. The lowest BCUT2D eigenvalue weighted by atomic mass is 10.2. The molecule has 1 atom stereocenters. The van der Waals surface area contributed by atoms with Crippen molar-refractivity contribution in [1.29, 1.82) is 0 Å². The molecule has 0 saturated heterocycles. The Morgan fingerprint density at radius 2 is 1.76 bits per heavy atom. The summed E-state index contributed by atoms with van der Waals surface area (Å²) >= 11 is 0. The van der Waals surface area contributed by atoms with E-state index in [1.807, 2.05) is 0 Å². The zero-order valence-electron chi connectivity index (χ0n) is 9.20. The van der Waals surface area contributed by atoms with Crippen molar-refractivity contribution in [3.8, 4) is 0 Å². The van der Waals surface area contributed by atoms with Gasteiger partial charge in [-0.05, 0) is 19.1 Å². The van der Waals surface area contributed by atoms with Crippen molar-refractivity contribution in [3.63, 3.8) is 0 Å². The lowest BCUT2D eigenvalue weighted by Gasteiger charge is -2.21. The van der Waals surface area contributed by atoms with Gasteiger partial charge in [-0.2, -0.15) is 0 Å². The summed E-state index contributed by atoms with van der Waals surface area (Å²) in [6, 6.07) is 7.88. The molecule has 0 radical (unpaired) electrons. The molecule has 0 amide bonds. The number of hydrogen-bond acceptors (Lipinski definition) is 4. The van der Waals surface area contributed by atoms with E-state index in [1.165, 1.54) is 25.1 Å². The molecular weight excluding hydrogens is 260 g/mol. The minimum absolute atomic E-state index is 0.143. The lowest BCUT2D eigenvalue weighted by molar-refractivity contribution is 0.568. The molecule has 1 aromatic carbocycles. The summed E-state index contributed by atoms with van der Waals surface area (Å²) in [7, 11) is -7.08. The molecule has 17 heavy (non-hydrogen) atoms. The average molecular weight is 272 g/mol. The first-order valence-corrected chi connectivity index (χ1v) is 8.18. The summed E-state index contributed by atoms with van der Waals surface area (Å²) in [6.45, 7) is 1.43. The van der Waals surface area contributed by atoms with E-state index in [1.54, 1.807) is 18.2 Å². The summed E-state index contributed by atoms with van der Waals surface area (Å²) in [5.74, 6) is -0.392. The molecule has 1 heterocycles. The molecule has 1 aliphatic rings. The number of sulfone groups is 2. The fraction of sp³-hybridized carbons (Fsp3) is 0.273. The molecule has 0 aromatic heterocycles. The molecule has 0 N–H and O–H groups in total. The van der Waals surface area contributed by atoms with E-state index in [4.69, 9.17) is 0 Å². The highest BCUT2D eigenvalue weighted by Crippen LogP contribution is 2.32. The fourth-order valence-electron chi connectivity index (χ4n) is 1.78. The van der Waals surface area contributed by atoms with Crippen molar-refractivity contribution < 1.29 is 16.8 Å². The molecule has 0 saturated carbocycles. The maximum Gasteiger partial charge on any atom is 0.188 e. The van der Waals surface area contributed by atoms with Gasteiger partial charge < -0.3 is 0 Å². The van der Waals surface area contributed by atoms with Gasteiger partial charge in [0.15, 0.2) is 19.7 Å². The second-order valence-corrected chi connectivity index (χ2v) is 8.54. The van der Waals surface area contributed by atoms with Crippen LogP contribution in [0.2, 0.25) is 0 Å². The average Bonchev–Trinajstić information content (AvgIpc) is 2.56. The van der Waals surface area contributed by atoms with Crippen LogP contribution >= 0.6 is 0 Å². The van der Waals surface area contributed by atoms with Gasteiger partial charge in [-0.25, -0.2) is 16.8 Å². The molecule has 0 fully saturated rings. The third-order valence-corrected chi connectivity index (χ3v) is 6.92. The molecule has 92 valence electrons. The zero-order valence-corrected chi connectivity index (χ0v) is 10.8. The summed E-state index contributed by atoms with van der Waals surface area (Å²) in [5.41, 5.74) is 0. The molecule has 2 rings (SSSR count). The summed E-state index contributed by atoms with van der Waals surface area (Å²) < 4.78 is 46.0. The van der Waals surface area contributed by atoms with E-state index in [2.05, 4.69) is 0 Å². The van der Waals surface area contributed by atoms with Gasteiger partial charge in [0, 0.05) is 5.41 Å². The van der Waals surface area contributed by atoms with Crippen LogP contribution in [0.3, 0.4) is 0 Å². The molecule has 0 spiro atoms. The Balaban J connectivity index is 2.53. The van der Waals surface area contributed by atoms with E-state index >= 15 is 0 Å². The first-order valence-electron chi connectivity index (χ1n) is 4.99. The second-order valence-electron chi connectivity index (χ2n) is 4.24. The quantitative estimate of drug-likeness (QED) is 0.810. The van der Waals surface area contributed by atoms with Crippen LogP contribution in [0.25, 0.3) is 0 Å². The third-order valence-electron chi connectivity index (χ3n) is 2.78. The van der Waals surface area contributed by atoms with Gasteiger partial charge in [-0.15, -0.1) is 0 Å². The van der Waals surface area contributed by atoms with Crippen LogP contribution in [0.1, 0.15) is 6.92 Å². The summed E-state index contributed by atoms with van der Waals surface area (Å²) in [4.78, 5) is 0.143. The van der Waals surface area contributed by atoms with Crippen molar-refractivity contribution >= 4 is 19.7 Å². The van der Waals surface area contributed by atoms with E-state index in [0.29, 0.717) is 0 Å². The van der Waals surface area contributed by atoms with E-state index < -0.39 is 30.2 Å². The second kappa shape index (κ2) is 3.68. The topological polar surface area (TPSA) is 68.3 Å². The first-order chi connectivity index (χ1) is 7.77. The Morgan fingerprint density at radius 1 is 1.18 bits per heavy atom. The zero-order chi connectivity index (χ0) is 12.7. The molecule has 0 aliphatic carbocycles. The molecular formula is C11H12O4S2. The minimum atomic E-state index is -3.68. The maximum absolute atomic E-state index is 12.3. The Hall–Kier alpha value is -1.14. The van der Waals surface area contributed by atoms with Crippen molar-refractivity contribution in [2.45, 2.75) is 16.6 Å². The van der Waals surface area contributed by atoms with Gasteiger partial charge in [-0.3, -0.25) is 0 Å². The highest BCUT2D eigenvalue weighted by molar-refractivity contribution is 7.98. The molecule has 1 aliphatic heterocycles. The van der Waals surface area contributed by atoms with Crippen LogP contribution in [0.5, 0.6) is 0 Å². The van der Waals surface area contributed by atoms with Gasteiger partial charge in [0.05, 0.1) is 10.6 Å². The Kier molecular flexibility index (Phi) is 2.67. The number of hydrogen-bond donors (Lipinski definition) is 0. The Labute approximate surface area is 101 Å². The SMILES string of the molecule is CC1(S(=O)(=O)c2ccccc2)C=CS(=O)(=O)C1. The Bertz CT molecular complexity index is 657. The lowest BCUT2D eigenvalue weighted by Crippen LogP contribution is -2.36. The first kappa shape index (κ1) is 12.3. The molecule has 4 nitrogen and oxygen atoms in total. The molecule has 1 unspecified atom stereocenters. The fourth-order valence-corrected chi connectivity index (χ4v) is 5.78. The third kappa shape index (κ3) is 2.02. The Morgan fingerprint density at radius 3 is 2.24 bits per heavy atom. The van der Waals surface area contributed by atoms with E-state index in [-0.39, 0.29) is 4.90 Å². The van der Waals surface area contributed by atoms with Gasteiger partial charge in [0.25, 0.3) is 0 Å². The smallest absolute Gasteiger partial charge is 0.188 e. The van der Waals surface area contributed by atoms with Gasteiger partial charge in [0.1, 0.15) is 4.75 Å². The summed E-state index contributed by atoms with van der Waals surface area (Å²) in [6.07, 6.45) is 1.25. The highest BCUT2D eigenvalue weighted by atomic mass is 32.2. The van der Waals surface area contributed by atoms with Gasteiger partial charge in [0.2, 0.25) is 0 Å². The van der Waals surface area contributed by atoms with Crippen LogP contribution in [-0.4, -0.2) is 27.3 Å². The molecule has 1 aromatic rings. The van der Waals surface area contributed by atoms with Gasteiger partial charge in [-0.1, -0.05) is 24.3 Å². The van der Waals surface area contributed by atoms with Crippen molar-refractivity contribution in [2.75, 3.05) is 5.75 Å². The van der Waals surface area contributed by atoms with Crippen LogP contribution < -0.4 is 0 Å². The summed E-state index contributed by atoms with van der Waals surface area (Å²) in [5, 5.41) is 0.980. The maximum atomic E-state index is 12.3. The largest absolute Gasteiger partial charge is 0.224 e. The minimum Gasteiger partial charge on any atom is -0.224 e. The van der Waals surface area contributed by atoms with E-state index in [9.17, 15) is 16.8 Å². The van der Waals surface area contributed by atoms with Crippen molar-refractivity contribution in [1.82, 2.24) is 0 Å². The van der Waals surface area contributed by atoms with Crippen LogP contribution in [-0.2, 0) is 19.7 Å². The highest BCUT2D eigenvalue weighted by Gasteiger charge is 2.45. The predicted molar refractivity (Wildman–Crippen MR) is 65.0 cm³/mol. The number of rotatable bonds is 2. The molecule has 0 bridgehead atoms. The van der Waals surface area contributed by atoms with Crippen LogP contribution in [0, 0.1) is 0 Å². The number of benzene rings is 1. The normalized spacial score (nSPS) is 27.1. The van der Waals surface area contributed by atoms with Crippen LogP contribution in [0.15, 0.2) is 46.7 Å². The predicted octanol–water partition coefficient (Wildman–Crippen LogP) is 1.16.